The van der Waals surface area contributed by atoms with Crippen molar-refractivity contribution < 1.29 is 9.53 Å². The van der Waals surface area contributed by atoms with Gasteiger partial charge in [0.15, 0.2) is 12.4 Å². The molecule has 2 aromatic heterocycles. The molecule has 0 atom stereocenters. The maximum Gasteiger partial charge on any atom is 0.274 e. The minimum Gasteiger partial charge on any atom is -0.470 e. The Balaban J connectivity index is 1.64. The minimum absolute atomic E-state index is 0.172. The van der Waals surface area contributed by atoms with Gasteiger partial charge >= 0.3 is 0 Å². The van der Waals surface area contributed by atoms with E-state index in [0.29, 0.717) is 23.0 Å². The highest BCUT2D eigenvalue weighted by Crippen LogP contribution is 2.28. The molecule has 0 aliphatic heterocycles. The molecule has 1 aromatic carbocycles. The van der Waals surface area contributed by atoms with Gasteiger partial charge in [0.1, 0.15) is 5.75 Å². The minimum atomic E-state index is -0.179. The second-order valence-corrected chi connectivity index (χ2v) is 8.15. The highest BCUT2D eigenvalue weighted by atomic mass is 79.9. The average Bonchev–Trinajstić information content (AvgIpc) is 3.27. The lowest BCUT2D eigenvalue weighted by Crippen LogP contribution is -2.28. The lowest BCUT2D eigenvalue weighted by molar-refractivity contribution is 0.0773. The average molecular weight is 532 g/mol. The first-order chi connectivity index (χ1) is 13.4. The van der Waals surface area contributed by atoms with Crippen molar-refractivity contribution in [2.75, 3.05) is 7.05 Å². The van der Waals surface area contributed by atoms with E-state index < -0.39 is 0 Å². The SMILES string of the molecule is CCn1ncc(Br)c1CN(C)C(=O)c1ccn(COc2ccc(Cl)cc2Br)n1. The van der Waals surface area contributed by atoms with E-state index in [9.17, 15) is 4.79 Å². The van der Waals surface area contributed by atoms with E-state index in [1.807, 2.05) is 11.6 Å². The number of hydrogen-bond acceptors (Lipinski definition) is 4. The smallest absolute Gasteiger partial charge is 0.274 e. The zero-order valence-corrected chi connectivity index (χ0v) is 19.2. The third-order valence-electron chi connectivity index (χ3n) is 4.04. The number of nitrogens with zero attached hydrogens (tertiary/aromatic N) is 5. The van der Waals surface area contributed by atoms with Crippen molar-refractivity contribution in [3.63, 3.8) is 0 Å². The van der Waals surface area contributed by atoms with Crippen LogP contribution >= 0.6 is 43.5 Å². The van der Waals surface area contributed by atoms with E-state index >= 15 is 0 Å². The Bertz CT molecular complexity index is 988. The standard InChI is InChI=1S/C18H18Br2ClN5O2/c1-3-26-16(14(20)9-22-26)10-24(2)18(27)15-6-7-25(23-15)11-28-17-5-4-12(21)8-13(17)19/h4-9H,3,10-11H2,1-2H3. The Morgan fingerprint density at radius 2 is 2.07 bits per heavy atom. The van der Waals surface area contributed by atoms with Gasteiger partial charge in [-0.15, -0.1) is 0 Å². The van der Waals surface area contributed by atoms with Gasteiger partial charge in [-0.1, -0.05) is 11.6 Å². The summed E-state index contributed by atoms with van der Waals surface area (Å²) in [5.41, 5.74) is 1.29. The molecule has 3 aromatic rings. The van der Waals surface area contributed by atoms with Gasteiger partial charge in [0, 0.05) is 24.8 Å². The lowest BCUT2D eigenvalue weighted by Gasteiger charge is -2.17. The molecule has 28 heavy (non-hydrogen) atoms. The Morgan fingerprint density at radius 3 is 2.79 bits per heavy atom. The summed E-state index contributed by atoms with van der Waals surface area (Å²) in [5, 5.41) is 9.20. The van der Waals surface area contributed by atoms with Crippen LogP contribution in [0.1, 0.15) is 23.1 Å². The van der Waals surface area contributed by atoms with E-state index in [1.54, 1.807) is 53.3 Å². The summed E-state index contributed by atoms with van der Waals surface area (Å²) in [6.07, 6.45) is 3.44. The maximum absolute atomic E-state index is 12.7. The molecule has 0 unspecified atom stereocenters. The van der Waals surface area contributed by atoms with Crippen LogP contribution in [0.4, 0.5) is 0 Å². The third-order valence-corrected chi connectivity index (χ3v) is 5.55. The molecule has 0 saturated carbocycles. The molecule has 0 saturated heterocycles. The Kier molecular flexibility index (Phi) is 6.79. The van der Waals surface area contributed by atoms with E-state index in [0.717, 1.165) is 21.2 Å². The van der Waals surface area contributed by atoms with Gasteiger partial charge in [-0.2, -0.15) is 10.2 Å². The number of carbonyl (C=O) groups excluding carboxylic acids is 1. The van der Waals surface area contributed by atoms with Crippen LogP contribution in [-0.4, -0.2) is 37.4 Å². The second kappa shape index (κ2) is 9.11. The molecule has 148 valence electrons. The van der Waals surface area contributed by atoms with E-state index in [2.05, 4.69) is 42.1 Å². The van der Waals surface area contributed by atoms with Gasteiger partial charge in [-0.25, -0.2) is 4.68 Å². The number of rotatable bonds is 7. The molecule has 0 fully saturated rings. The monoisotopic (exact) mass is 529 g/mol. The van der Waals surface area contributed by atoms with Crippen molar-refractivity contribution in [2.24, 2.45) is 0 Å². The number of benzene rings is 1. The van der Waals surface area contributed by atoms with Gasteiger partial charge in [0.25, 0.3) is 5.91 Å². The van der Waals surface area contributed by atoms with Crippen LogP contribution in [0.25, 0.3) is 0 Å². The Hall–Kier alpha value is -1.84. The molecule has 0 bridgehead atoms. The molecule has 0 N–H and O–H groups in total. The quantitative estimate of drug-likeness (QED) is 0.448. The van der Waals surface area contributed by atoms with Gasteiger partial charge in [0.05, 0.1) is 27.4 Å². The molecule has 1 amide bonds. The Morgan fingerprint density at radius 1 is 1.29 bits per heavy atom. The molecule has 3 rings (SSSR count). The van der Waals surface area contributed by atoms with Crippen LogP contribution < -0.4 is 4.74 Å². The third kappa shape index (κ3) is 4.76. The molecule has 2 heterocycles. The molecular formula is C18H18Br2ClN5O2. The molecule has 0 aliphatic rings. The summed E-state index contributed by atoms with van der Waals surface area (Å²) >= 11 is 12.8. The zero-order valence-electron chi connectivity index (χ0n) is 15.3. The van der Waals surface area contributed by atoms with Crippen molar-refractivity contribution in [2.45, 2.75) is 26.7 Å². The number of aryl methyl sites for hydroxylation is 1. The number of aromatic nitrogens is 4. The lowest BCUT2D eigenvalue weighted by atomic mass is 10.3. The first kappa shape index (κ1) is 20.9. The van der Waals surface area contributed by atoms with Crippen LogP contribution in [0, 0.1) is 0 Å². The van der Waals surface area contributed by atoms with Crippen LogP contribution in [0.3, 0.4) is 0 Å². The summed E-state index contributed by atoms with van der Waals surface area (Å²) in [5.74, 6) is 0.463. The van der Waals surface area contributed by atoms with Crippen molar-refractivity contribution >= 4 is 49.4 Å². The fraction of sp³-hybridized carbons (Fsp3) is 0.278. The van der Waals surface area contributed by atoms with E-state index in [1.165, 1.54) is 0 Å². The van der Waals surface area contributed by atoms with Crippen molar-refractivity contribution in [1.29, 1.82) is 0 Å². The molecule has 10 heteroatoms. The number of hydrogen-bond donors (Lipinski definition) is 0. The molecule has 7 nitrogen and oxygen atoms in total. The highest BCUT2D eigenvalue weighted by Gasteiger charge is 2.18. The largest absolute Gasteiger partial charge is 0.470 e. The van der Waals surface area contributed by atoms with Crippen molar-refractivity contribution in [3.8, 4) is 5.75 Å². The van der Waals surface area contributed by atoms with Gasteiger partial charge in [-0.05, 0) is 63.0 Å². The first-order valence-electron chi connectivity index (χ1n) is 8.46. The van der Waals surface area contributed by atoms with Gasteiger partial charge in [0.2, 0.25) is 0 Å². The normalized spacial score (nSPS) is 10.9. The Labute approximate surface area is 184 Å². The zero-order chi connectivity index (χ0) is 20.3. The van der Waals surface area contributed by atoms with Crippen LogP contribution in [0.2, 0.25) is 5.02 Å². The number of halogens is 3. The van der Waals surface area contributed by atoms with E-state index in [-0.39, 0.29) is 12.6 Å². The van der Waals surface area contributed by atoms with Gasteiger partial charge < -0.3 is 9.64 Å². The van der Waals surface area contributed by atoms with E-state index in [4.69, 9.17) is 16.3 Å². The molecule has 0 aliphatic carbocycles. The molecule has 0 radical (unpaired) electrons. The summed E-state index contributed by atoms with van der Waals surface area (Å²) in [6.45, 7) is 3.33. The summed E-state index contributed by atoms with van der Waals surface area (Å²) in [4.78, 5) is 14.3. The topological polar surface area (TPSA) is 65.2 Å². The summed E-state index contributed by atoms with van der Waals surface area (Å²) < 4.78 is 10.8. The number of ether oxygens (including phenoxy) is 1. The predicted octanol–water partition coefficient (Wildman–Crippen LogP) is 4.59. The molecular weight excluding hydrogens is 513 g/mol. The fourth-order valence-electron chi connectivity index (χ4n) is 2.59. The fourth-order valence-corrected chi connectivity index (χ4v) is 3.80. The number of amides is 1. The van der Waals surface area contributed by atoms with Crippen LogP contribution in [0.15, 0.2) is 45.6 Å². The highest BCUT2D eigenvalue weighted by molar-refractivity contribution is 9.10. The molecule has 0 spiro atoms. The number of carbonyl (C=O) groups is 1. The van der Waals surface area contributed by atoms with Crippen molar-refractivity contribution in [3.05, 3.63) is 62.0 Å². The van der Waals surface area contributed by atoms with Gasteiger partial charge in [-0.3, -0.25) is 9.48 Å². The summed E-state index contributed by atoms with van der Waals surface area (Å²) in [7, 11) is 1.74. The first-order valence-corrected chi connectivity index (χ1v) is 10.4. The predicted molar refractivity (Wildman–Crippen MR) is 113 cm³/mol. The van der Waals surface area contributed by atoms with Crippen molar-refractivity contribution in [1.82, 2.24) is 24.5 Å². The second-order valence-electron chi connectivity index (χ2n) is 6.00. The van der Waals surface area contributed by atoms with Crippen LogP contribution in [0.5, 0.6) is 5.75 Å². The van der Waals surface area contributed by atoms with Crippen LogP contribution in [-0.2, 0) is 19.8 Å². The summed E-state index contributed by atoms with van der Waals surface area (Å²) in [6, 6.07) is 6.94. The maximum atomic E-state index is 12.7.